The van der Waals surface area contributed by atoms with Gasteiger partial charge in [-0.2, -0.15) is 5.10 Å². The molecule has 1 aromatic heterocycles. The van der Waals surface area contributed by atoms with Crippen LogP contribution in [0.1, 0.15) is 29.9 Å². The van der Waals surface area contributed by atoms with E-state index in [2.05, 4.69) is 28.7 Å². The van der Waals surface area contributed by atoms with Gasteiger partial charge in [0.2, 0.25) is 0 Å². The van der Waals surface area contributed by atoms with Gasteiger partial charge in [-0.15, -0.1) is 0 Å². The molecular weight excluding hydrogens is 228 g/mol. The van der Waals surface area contributed by atoms with E-state index >= 15 is 0 Å². The smallest absolute Gasteiger partial charge is 0.153 e. The second kappa shape index (κ2) is 5.63. The van der Waals surface area contributed by atoms with E-state index in [1.165, 1.54) is 0 Å². The van der Waals surface area contributed by atoms with Crippen molar-refractivity contribution in [2.45, 2.75) is 26.4 Å². The van der Waals surface area contributed by atoms with E-state index in [0.717, 1.165) is 44.7 Å². The Balaban J connectivity index is 1.93. The molecule has 100 valence electrons. The minimum Gasteiger partial charge on any atom is -0.298 e. The monoisotopic (exact) mass is 250 g/mol. The Bertz CT molecular complexity index is 405. The third kappa shape index (κ3) is 2.97. The normalized spacial score (nSPS) is 18.4. The highest BCUT2D eigenvalue weighted by atomic mass is 16.1. The van der Waals surface area contributed by atoms with Crippen molar-refractivity contribution in [3.05, 3.63) is 17.5 Å². The van der Waals surface area contributed by atoms with Gasteiger partial charge in [-0.25, -0.2) is 0 Å². The van der Waals surface area contributed by atoms with Gasteiger partial charge in [-0.3, -0.25) is 19.3 Å². The third-order valence-electron chi connectivity index (χ3n) is 3.58. The quantitative estimate of drug-likeness (QED) is 0.740. The van der Waals surface area contributed by atoms with Crippen molar-refractivity contribution in [2.75, 3.05) is 26.2 Å². The Morgan fingerprint density at radius 3 is 2.56 bits per heavy atom. The summed E-state index contributed by atoms with van der Waals surface area (Å²) in [5.41, 5.74) is 1.61. The summed E-state index contributed by atoms with van der Waals surface area (Å²) in [5.74, 6) is 0. The summed E-state index contributed by atoms with van der Waals surface area (Å²) in [6.45, 7) is 9.54. The van der Waals surface area contributed by atoms with Gasteiger partial charge in [0.25, 0.3) is 0 Å². The third-order valence-corrected chi connectivity index (χ3v) is 3.58. The predicted octanol–water partition coefficient (Wildman–Crippen LogP) is 0.759. The van der Waals surface area contributed by atoms with E-state index in [1.807, 2.05) is 7.05 Å². The minimum absolute atomic E-state index is 0.618. The molecule has 1 fully saturated rings. The first-order valence-corrected chi connectivity index (χ1v) is 6.54. The average Bonchev–Trinajstić information content (AvgIpc) is 2.70. The summed E-state index contributed by atoms with van der Waals surface area (Å²) >= 11 is 0. The number of rotatable bonds is 4. The van der Waals surface area contributed by atoms with Crippen LogP contribution in [0.5, 0.6) is 0 Å². The molecule has 0 amide bonds. The summed E-state index contributed by atoms with van der Waals surface area (Å²) < 4.78 is 1.71. The molecule has 1 aliphatic rings. The van der Waals surface area contributed by atoms with Crippen molar-refractivity contribution in [2.24, 2.45) is 7.05 Å². The summed E-state index contributed by atoms with van der Waals surface area (Å²) in [7, 11) is 1.85. The lowest BCUT2D eigenvalue weighted by molar-refractivity contribution is 0.102. The molecule has 0 N–H and O–H groups in total. The van der Waals surface area contributed by atoms with Crippen molar-refractivity contribution >= 4 is 6.29 Å². The zero-order valence-corrected chi connectivity index (χ0v) is 11.5. The first kappa shape index (κ1) is 13.2. The number of piperazine rings is 1. The highest BCUT2D eigenvalue weighted by molar-refractivity contribution is 5.75. The van der Waals surface area contributed by atoms with E-state index in [0.29, 0.717) is 11.6 Å². The fourth-order valence-electron chi connectivity index (χ4n) is 2.42. The number of carbonyl (C=O) groups excluding carboxylic acids is 1. The average molecular weight is 250 g/mol. The standard InChI is InChI=1S/C13H22N4O/c1-11(2)17-6-4-16(5-7-17)9-13-12(10-18)8-15(3)14-13/h8,10-11H,4-7,9H2,1-3H3. The molecule has 1 aromatic rings. The van der Waals surface area contributed by atoms with Gasteiger partial charge in [0, 0.05) is 52.0 Å². The lowest BCUT2D eigenvalue weighted by Crippen LogP contribution is -2.48. The summed E-state index contributed by atoms with van der Waals surface area (Å²) in [6.07, 6.45) is 2.68. The molecule has 18 heavy (non-hydrogen) atoms. The number of aldehydes is 1. The fraction of sp³-hybridized carbons (Fsp3) is 0.692. The van der Waals surface area contributed by atoms with Crippen molar-refractivity contribution in [3.63, 3.8) is 0 Å². The first-order valence-electron chi connectivity index (χ1n) is 6.54. The molecule has 2 heterocycles. The molecule has 0 aromatic carbocycles. The van der Waals surface area contributed by atoms with Crippen LogP contribution in [0.4, 0.5) is 0 Å². The van der Waals surface area contributed by atoms with Gasteiger partial charge < -0.3 is 0 Å². The highest BCUT2D eigenvalue weighted by Crippen LogP contribution is 2.11. The molecule has 1 aliphatic heterocycles. The van der Waals surface area contributed by atoms with E-state index in [-0.39, 0.29) is 0 Å². The summed E-state index contributed by atoms with van der Waals surface area (Å²) in [6, 6.07) is 0.618. The van der Waals surface area contributed by atoms with Crippen LogP contribution >= 0.6 is 0 Å². The first-order chi connectivity index (χ1) is 8.60. The minimum atomic E-state index is 0.618. The van der Waals surface area contributed by atoms with Crippen LogP contribution in [0.25, 0.3) is 0 Å². The van der Waals surface area contributed by atoms with Crippen LogP contribution in [0.15, 0.2) is 6.20 Å². The largest absolute Gasteiger partial charge is 0.298 e. The van der Waals surface area contributed by atoms with Gasteiger partial charge in [-0.1, -0.05) is 0 Å². The molecule has 0 aliphatic carbocycles. The van der Waals surface area contributed by atoms with Crippen molar-refractivity contribution in [1.29, 1.82) is 0 Å². The molecule has 0 saturated carbocycles. The van der Waals surface area contributed by atoms with Crippen LogP contribution in [0.2, 0.25) is 0 Å². The number of hydrogen-bond acceptors (Lipinski definition) is 4. The van der Waals surface area contributed by atoms with Gasteiger partial charge in [-0.05, 0) is 13.8 Å². The molecule has 5 heteroatoms. The topological polar surface area (TPSA) is 41.4 Å². The van der Waals surface area contributed by atoms with Gasteiger partial charge in [0.1, 0.15) is 0 Å². The molecule has 0 radical (unpaired) electrons. The zero-order valence-electron chi connectivity index (χ0n) is 11.5. The number of nitrogens with zero attached hydrogens (tertiary/aromatic N) is 4. The highest BCUT2D eigenvalue weighted by Gasteiger charge is 2.20. The molecule has 0 spiro atoms. The second-order valence-corrected chi connectivity index (χ2v) is 5.23. The summed E-state index contributed by atoms with van der Waals surface area (Å²) in [5, 5.41) is 4.36. The zero-order chi connectivity index (χ0) is 13.1. The van der Waals surface area contributed by atoms with Gasteiger partial charge in [0.05, 0.1) is 11.3 Å². The number of aryl methyl sites for hydroxylation is 1. The number of aromatic nitrogens is 2. The van der Waals surface area contributed by atoms with E-state index in [9.17, 15) is 4.79 Å². The predicted molar refractivity (Wildman–Crippen MR) is 70.6 cm³/mol. The summed E-state index contributed by atoms with van der Waals surface area (Å²) in [4.78, 5) is 15.8. The number of hydrogen-bond donors (Lipinski definition) is 0. The number of carbonyl (C=O) groups is 1. The Kier molecular flexibility index (Phi) is 4.14. The molecule has 2 rings (SSSR count). The van der Waals surface area contributed by atoms with E-state index in [4.69, 9.17) is 0 Å². The van der Waals surface area contributed by atoms with Crippen molar-refractivity contribution in [1.82, 2.24) is 19.6 Å². The Labute approximate surface area is 108 Å². The molecule has 1 saturated heterocycles. The molecule has 0 atom stereocenters. The maximum Gasteiger partial charge on any atom is 0.153 e. The van der Waals surface area contributed by atoms with Crippen molar-refractivity contribution in [3.8, 4) is 0 Å². The Morgan fingerprint density at radius 2 is 2.00 bits per heavy atom. The molecule has 0 unspecified atom stereocenters. The lowest BCUT2D eigenvalue weighted by atomic mass is 10.2. The maximum atomic E-state index is 10.9. The van der Waals surface area contributed by atoms with Crippen LogP contribution < -0.4 is 0 Å². The van der Waals surface area contributed by atoms with E-state index in [1.54, 1.807) is 10.9 Å². The van der Waals surface area contributed by atoms with Crippen molar-refractivity contribution < 1.29 is 4.79 Å². The van der Waals surface area contributed by atoms with Crippen LogP contribution in [0.3, 0.4) is 0 Å². The lowest BCUT2D eigenvalue weighted by Gasteiger charge is -2.36. The Hall–Kier alpha value is -1.20. The van der Waals surface area contributed by atoms with Crippen LogP contribution in [-0.4, -0.2) is 58.1 Å². The molecular formula is C13H22N4O. The molecule has 5 nitrogen and oxygen atoms in total. The SMILES string of the molecule is CC(C)N1CCN(Cc2nn(C)cc2C=O)CC1. The fourth-order valence-corrected chi connectivity index (χ4v) is 2.42. The van der Waals surface area contributed by atoms with Crippen LogP contribution in [-0.2, 0) is 13.6 Å². The Morgan fingerprint density at radius 1 is 1.33 bits per heavy atom. The second-order valence-electron chi connectivity index (χ2n) is 5.23. The molecule has 0 bridgehead atoms. The maximum absolute atomic E-state index is 10.9. The van der Waals surface area contributed by atoms with E-state index < -0.39 is 0 Å². The van der Waals surface area contributed by atoms with Gasteiger partial charge in [0.15, 0.2) is 6.29 Å². The van der Waals surface area contributed by atoms with Crippen LogP contribution in [0, 0.1) is 0 Å². The van der Waals surface area contributed by atoms with Gasteiger partial charge >= 0.3 is 0 Å².